The second-order valence-corrected chi connectivity index (χ2v) is 7.65. The average Bonchev–Trinajstić information content (AvgIpc) is 3.22. The van der Waals surface area contributed by atoms with Crippen molar-refractivity contribution in [2.75, 3.05) is 24.4 Å². The van der Waals surface area contributed by atoms with Gasteiger partial charge in [-0.25, -0.2) is 0 Å². The van der Waals surface area contributed by atoms with Crippen LogP contribution in [0.1, 0.15) is 25.5 Å². The molecule has 2 heterocycles. The first kappa shape index (κ1) is 20.9. The van der Waals surface area contributed by atoms with Crippen molar-refractivity contribution in [3.8, 4) is 11.5 Å². The molecule has 1 amide bonds. The molecule has 4 rings (SSSR count). The van der Waals surface area contributed by atoms with E-state index in [1.54, 1.807) is 11.8 Å². The number of para-hydroxylation sites is 1. The monoisotopic (exact) mass is 484 g/mol. The van der Waals surface area contributed by atoms with Gasteiger partial charge in [0.25, 0.3) is 5.91 Å². The van der Waals surface area contributed by atoms with Crippen LogP contribution in [0.25, 0.3) is 0 Å². The van der Waals surface area contributed by atoms with Crippen LogP contribution in [0.3, 0.4) is 0 Å². The van der Waals surface area contributed by atoms with Gasteiger partial charge < -0.3 is 20.1 Å². The summed E-state index contributed by atoms with van der Waals surface area (Å²) in [6.07, 6.45) is 0. The highest BCUT2D eigenvalue weighted by Gasteiger charge is 2.35. The maximum Gasteiger partial charge on any atom is 0.255 e. The number of aromatic nitrogens is 4. The van der Waals surface area contributed by atoms with Crippen molar-refractivity contribution < 1.29 is 14.3 Å². The van der Waals surface area contributed by atoms with Crippen molar-refractivity contribution >= 4 is 33.5 Å². The van der Waals surface area contributed by atoms with Crippen LogP contribution in [-0.4, -0.2) is 39.8 Å². The van der Waals surface area contributed by atoms with Crippen molar-refractivity contribution in [2.45, 2.75) is 19.9 Å². The molecule has 1 aliphatic rings. The molecule has 3 aromatic rings. The molecule has 1 aromatic heterocycles. The maximum atomic E-state index is 13.3. The minimum absolute atomic E-state index is 0.258. The molecule has 0 radical (unpaired) electrons. The Hall–Kier alpha value is -3.40. The number of hydrogen-bond acceptors (Lipinski definition) is 7. The van der Waals surface area contributed by atoms with Crippen LogP contribution < -0.4 is 20.1 Å². The summed E-state index contributed by atoms with van der Waals surface area (Å²) in [6.45, 7) is 4.21. The Kier molecular flexibility index (Phi) is 5.90. The standard InChI is InChI=1S/C21H21BrN6O3/c1-4-31-19-15(22)10-13(11-16(19)30-3)18-17(12(2)23-21-25-26-27-28(18)21)20(29)24-14-8-6-5-7-9-14/h5-11,18H,4H2,1-3H3,(H,24,29)(H,23,25,27)/t18-/m0/s1. The zero-order valence-electron chi connectivity index (χ0n) is 17.2. The van der Waals surface area contributed by atoms with E-state index in [4.69, 9.17) is 9.47 Å². The molecular weight excluding hydrogens is 464 g/mol. The van der Waals surface area contributed by atoms with Gasteiger partial charge in [-0.15, -0.1) is 0 Å². The number of nitrogens with one attached hydrogen (secondary N) is 2. The number of amides is 1. The van der Waals surface area contributed by atoms with Gasteiger partial charge in [0, 0.05) is 11.4 Å². The van der Waals surface area contributed by atoms with Gasteiger partial charge in [0.2, 0.25) is 5.95 Å². The number of halogens is 1. The normalized spacial score (nSPS) is 15.2. The maximum absolute atomic E-state index is 13.3. The lowest BCUT2D eigenvalue weighted by Crippen LogP contribution is -2.31. The SMILES string of the molecule is CCOc1c(Br)cc([C@H]2C(C(=O)Nc3ccccc3)=C(C)Nc3nnnn32)cc1OC. The molecule has 9 nitrogen and oxygen atoms in total. The van der Waals surface area contributed by atoms with Gasteiger partial charge in [-0.1, -0.05) is 23.3 Å². The average molecular weight is 485 g/mol. The van der Waals surface area contributed by atoms with Crippen LogP contribution in [0.15, 0.2) is 58.2 Å². The van der Waals surface area contributed by atoms with Crippen LogP contribution in [0.2, 0.25) is 0 Å². The Balaban J connectivity index is 1.81. The van der Waals surface area contributed by atoms with E-state index in [-0.39, 0.29) is 5.91 Å². The Morgan fingerprint density at radius 2 is 2.06 bits per heavy atom. The van der Waals surface area contributed by atoms with E-state index < -0.39 is 6.04 Å². The van der Waals surface area contributed by atoms with Crippen molar-refractivity contribution in [3.05, 3.63) is 63.8 Å². The smallest absolute Gasteiger partial charge is 0.255 e. The molecule has 0 unspecified atom stereocenters. The van der Waals surface area contributed by atoms with Gasteiger partial charge in [0.1, 0.15) is 6.04 Å². The molecule has 2 aromatic carbocycles. The van der Waals surface area contributed by atoms with Gasteiger partial charge in [-0.2, -0.15) is 4.68 Å². The molecule has 0 bridgehead atoms. The number of anilines is 2. The third-order valence-electron chi connectivity index (χ3n) is 4.85. The highest BCUT2D eigenvalue weighted by molar-refractivity contribution is 9.10. The van der Waals surface area contributed by atoms with Crippen LogP contribution in [-0.2, 0) is 4.79 Å². The minimum Gasteiger partial charge on any atom is -0.493 e. The zero-order chi connectivity index (χ0) is 22.0. The summed E-state index contributed by atoms with van der Waals surface area (Å²) in [7, 11) is 1.57. The van der Waals surface area contributed by atoms with E-state index in [2.05, 4.69) is 42.1 Å². The van der Waals surface area contributed by atoms with E-state index in [0.29, 0.717) is 45.5 Å². The Bertz CT molecular complexity index is 1150. The van der Waals surface area contributed by atoms with Crippen LogP contribution in [0.5, 0.6) is 11.5 Å². The summed E-state index contributed by atoms with van der Waals surface area (Å²) in [5.74, 6) is 1.32. The largest absolute Gasteiger partial charge is 0.493 e. The fourth-order valence-electron chi connectivity index (χ4n) is 3.52. The van der Waals surface area contributed by atoms with Crippen LogP contribution in [0, 0.1) is 0 Å². The molecule has 0 fully saturated rings. The molecule has 1 atom stereocenters. The van der Waals surface area contributed by atoms with Gasteiger partial charge in [-0.3, -0.25) is 4.79 Å². The number of allylic oxidation sites excluding steroid dienone is 1. The number of tetrazole rings is 1. The molecule has 2 N–H and O–H groups in total. The topological polar surface area (TPSA) is 103 Å². The summed E-state index contributed by atoms with van der Waals surface area (Å²) in [4.78, 5) is 13.3. The molecule has 0 aliphatic carbocycles. The molecule has 31 heavy (non-hydrogen) atoms. The zero-order valence-corrected chi connectivity index (χ0v) is 18.8. The summed E-state index contributed by atoms with van der Waals surface area (Å²) in [6, 6.07) is 12.4. The molecule has 0 spiro atoms. The van der Waals surface area contributed by atoms with E-state index in [0.717, 1.165) is 5.56 Å². The van der Waals surface area contributed by atoms with Gasteiger partial charge in [0.05, 0.1) is 23.8 Å². The number of carbonyl (C=O) groups excluding carboxylic acids is 1. The number of rotatable bonds is 6. The predicted molar refractivity (Wildman–Crippen MR) is 119 cm³/mol. The predicted octanol–water partition coefficient (Wildman–Crippen LogP) is 3.77. The van der Waals surface area contributed by atoms with Gasteiger partial charge in [-0.05, 0) is 70.0 Å². The number of carbonyl (C=O) groups is 1. The third-order valence-corrected chi connectivity index (χ3v) is 5.44. The summed E-state index contributed by atoms with van der Waals surface area (Å²) < 4.78 is 13.5. The quantitative estimate of drug-likeness (QED) is 0.548. The minimum atomic E-state index is -0.573. The second-order valence-electron chi connectivity index (χ2n) is 6.80. The first-order valence-corrected chi connectivity index (χ1v) is 10.4. The van der Waals surface area contributed by atoms with E-state index in [1.807, 2.05) is 56.3 Å². The summed E-state index contributed by atoms with van der Waals surface area (Å²) in [5.41, 5.74) is 2.60. The Labute approximate surface area is 187 Å². The summed E-state index contributed by atoms with van der Waals surface area (Å²) in [5, 5.41) is 18.0. The van der Waals surface area contributed by atoms with Crippen LogP contribution in [0.4, 0.5) is 11.6 Å². The molecule has 10 heteroatoms. The lowest BCUT2D eigenvalue weighted by Gasteiger charge is -2.28. The lowest BCUT2D eigenvalue weighted by atomic mass is 9.94. The number of fused-ring (bicyclic) bond motifs is 1. The fraction of sp³-hybridized carbons (Fsp3) is 0.238. The van der Waals surface area contributed by atoms with Crippen molar-refractivity contribution in [1.29, 1.82) is 0 Å². The first-order chi connectivity index (χ1) is 15.0. The number of ether oxygens (including phenoxy) is 2. The third kappa shape index (κ3) is 3.98. The number of nitrogens with zero attached hydrogens (tertiary/aromatic N) is 4. The molecule has 0 saturated heterocycles. The number of hydrogen-bond donors (Lipinski definition) is 2. The van der Waals surface area contributed by atoms with Gasteiger partial charge >= 0.3 is 0 Å². The molecule has 1 aliphatic heterocycles. The highest BCUT2D eigenvalue weighted by atomic mass is 79.9. The lowest BCUT2D eigenvalue weighted by molar-refractivity contribution is -0.113. The second kappa shape index (κ2) is 8.76. The number of benzene rings is 2. The van der Waals surface area contributed by atoms with E-state index in [9.17, 15) is 4.79 Å². The Morgan fingerprint density at radius 1 is 1.29 bits per heavy atom. The van der Waals surface area contributed by atoms with Crippen molar-refractivity contribution in [2.24, 2.45) is 0 Å². The van der Waals surface area contributed by atoms with Gasteiger partial charge in [0.15, 0.2) is 11.5 Å². The molecular formula is C21H21BrN6O3. The van der Waals surface area contributed by atoms with E-state index >= 15 is 0 Å². The Morgan fingerprint density at radius 3 is 2.77 bits per heavy atom. The molecule has 160 valence electrons. The summed E-state index contributed by atoms with van der Waals surface area (Å²) >= 11 is 3.56. The van der Waals surface area contributed by atoms with Crippen molar-refractivity contribution in [3.63, 3.8) is 0 Å². The highest BCUT2D eigenvalue weighted by Crippen LogP contribution is 2.42. The fourth-order valence-corrected chi connectivity index (χ4v) is 4.09. The first-order valence-electron chi connectivity index (χ1n) is 9.65. The van der Waals surface area contributed by atoms with Crippen LogP contribution >= 0.6 is 15.9 Å². The van der Waals surface area contributed by atoms with Crippen molar-refractivity contribution in [1.82, 2.24) is 20.2 Å². The van der Waals surface area contributed by atoms with E-state index in [1.165, 1.54) is 0 Å². The molecule has 0 saturated carbocycles. The number of methoxy groups -OCH3 is 1.